The third kappa shape index (κ3) is 3.78. The van der Waals surface area contributed by atoms with E-state index >= 15 is 0 Å². The van der Waals surface area contributed by atoms with Gasteiger partial charge in [0.1, 0.15) is 5.69 Å². The molecule has 0 spiro atoms. The van der Waals surface area contributed by atoms with E-state index in [1.807, 2.05) is 0 Å². The Hall–Kier alpha value is -1.69. The number of aromatic nitrogens is 1. The number of aromatic amines is 1. The Bertz CT molecular complexity index is 967. The molecule has 5 N–H and O–H groups in total. The monoisotopic (exact) mass is 489 g/mol. The molecule has 1 amide bonds. The second-order valence-electron chi connectivity index (χ2n) is 5.25. The minimum absolute atomic E-state index is 0.0227. The van der Waals surface area contributed by atoms with E-state index in [0.29, 0.717) is 44.7 Å². The Morgan fingerprint density at radius 3 is 2.52 bits per heavy atom. The van der Waals surface area contributed by atoms with Crippen LogP contribution in [0.1, 0.15) is 22.5 Å². The standard InChI is InChI=1S/C14H13Br2N5O3S/c15-11-10-9(5-6-18-14(22)12(10)19-13(11)16)21-20-7-1-3-8(4-2-7)25(17,23)24/h1-4,19-20H,5-6H2,(H,18,22)(H2,17,23,24). The maximum absolute atomic E-state index is 12.1. The average Bonchev–Trinajstić information content (AvgIpc) is 2.76. The summed E-state index contributed by atoms with van der Waals surface area (Å²) in [6, 6.07) is 5.91. The van der Waals surface area contributed by atoms with E-state index < -0.39 is 10.0 Å². The number of hydrogen-bond acceptors (Lipinski definition) is 5. The molecule has 0 fully saturated rings. The first kappa shape index (κ1) is 18.1. The number of sulfonamides is 1. The summed E-state index contributed by atoms with van der Waals surface area (Å²) in [6.45, 7) is 0.455. The van der Waals surface area contributed by atoms with Crippen LogP contribution in [0.25, 0.3) is 0 Å². The van der Waals surface area contributed by atoms with Crippen LogP contribution in [0.2, 0.25) is 0 Å². The number of nitrogens with zero attached hydrogens (tertiary/aromatic N) is 1. The minimum atomic E-state index is -3.73. The second kappa shape index (κ2) is 6.90. The third-order valence-corrected chi connectivity index (χ3v) is 6.41. The lowest BCUT2D eigenvalue weighted by Gasteiger charge is -2.06. The molecule has 11 heteroatoms. The quantitative estimate of drug-likeness (QED) is 0.491. The van der Waals surface area contributed by atoms with Crippen LogP contribution in [-0.4, -0.2) is 31.6 Å². The van der Waals surface area contributed by atoms with E-state index in [9.17, 15) is 13.2 Å². The Morgan fingerprint density at radius 2 is 1.88 bits per heavy atom. The molecule has 0 unspecified atom stereocenters. The molecule has 0 atom stereocenters. The van der Waals surface area contributed by atoms with Gasteiger partial charge in [-0.2, -0.15) is 5.10 Å². The van der Waals surface area contributed by atoms with Gasteiger partial charge < -0.3 is 10.3 Å². The summed E-state index contributed by atoms with van der Waals surface area (Å²) >= 11 is 6.80. The van der Waals surface area contributed by atoms with Crippen molar-refractivity contribution in [1.82, 2.24) is 10.3 Å². The van der Waals surface area contributed by atoms with Crippen LogP contribution < -0.4 is 15.9 Å². The van der Waals surface area contributed by atoms with Crippen LogP contribution in [0.3, 0.4) is 0 Å². The van der Waals surface area contributed by atoms with Gasteiger partial charge in [0.2, 0.25) is 10.0 Å². The zero-order valence-electron chi connectivity index (χ0n) is 12.6. The fourth-order valence-corrected chi connectivity index (χ4v) is 3.80. The van der Waals surface area contributed by atoms with Gasteiger partial charge in [0.25, 0.3) is 5.91 Å². The molecule has 0 radical (unpaired) electrons. The molecule has 2 aromatic rings. The molecule has 0 aliphatic carbocycles. The number of anilines is 1. The number of benzene rings is 1. The SMILES string of the molecule is NS(=O)(=O)c1ccc(NN=C2CCNC(=O)c3[nH]c(Br)c(Br)c32)cc1. The van der Waals surface area contributed by atoms with E-state index in [1.165, 1.54) is 12.1 Å². The largest absolute Gasteiger partial charge is 0.350 e. The van der Waals surface area contributed by atoms with Gasteiger partial charge >= 0.3 is 0 Å². The van der Waals surface area contributed by atoms with Crippen molar-refractivity contribution in [2.24, 2.45) is 10.2 Å². The summed E-state index contributed by atoms with van der Waals surface area (Å²) in [5.74, 6) is -0.205. The zero-order chi connectivity index (χ0) is 18.2. The highest BCUT2D eigenvalue weighted by Crippen LogP contribution is 2.31. The van der Waals surface area contributed by atoms with Gasteiger partial charge in [-0.1, -0.05) is 0 Å². The number of halogens is 2. The first-order valence-corrected chi connectivity index (χ1v) is 10.2. The van der Waals surface area contributed by atoms with Crippen LogP contribution in [0, 0.1) is 0 Å². The summed E-state index contributed by atoms with van der Waals surface area (Å²) in [7, 11) is -3.73. The number of nitrogens with one attached hydrogen (secondary N) is 3. The molecule has 1 aromatic heterocycles. The summed E-state index contributed by atoms with van der Waals surface area (Å²) in [4.78, 5) is 15.1. The summed E-state index contributed by atoms with van der Waals surface area (Å²) in [5.41, 5.74) is 5.24. The number of rotatable bonds is 3. The van der Waals surface area contributed by atoms with Crippen LogP contribution in [-0.2, 0) is 10.0 Å². The molecule has 132 valence electrons. The second-order valence-corrected chi connectivity index (χ2v) is 8.40. The predicted molar refractivity (Wildman–Crippen MR) is 101 cm³/mol. The molecule has 1 aliphatic heterocycles. The van der Waals surface area contributed by atoms with Gasteiger partial charge in [0.15, 0.2) is 0 Å². The topological polar surface area (TPSA) is 129 Å². The molecule has 25 heavy (non-hydrogen) atoms. The number of carbonyl (C=O) groups is 1. The molecule has 1 aliphatic rings. The van der Waals surface area contributed by atoms with Crippen molar-refractivity contribution in [2.45, 2.75) is 11.3 Å². The van der Waals surface area contributed by atoms with E-state index in [-0.39, 0.29) is 10.8 Å². The first-order valence-electron chi connectivity index (χ1n) is 7.08. The van der Waals surface area contributed by atoms with E-state index in [0.717, 1.165) is 0 Å². The number of amides is 1. The highest BCUT2D eigenvalue weighted by atomic mass is 79.9. The van der Waals surface area contributed by atoms with Crippen molar-refractivity contribution in [1.29, 1.82) is 0 Å². The predicted octanol–water partition coefficient (Wildman–Crippen LogP) is 2.14. The maximum atomic E-state index is 12.1. The molecular formula is C14H13Br2N5O3S. The van der Waals surface area contributed by atoms with Crippen LogP contribution in [0.4, 0.5) is 5.69 Å². The van der Waals surface area contributed by atoms with Gasteiger partial charge in [-0.3, -0.25) is 10.2 Å². The average molecular weight is 491 g/mol. The number of hydrazone groups is 1. The number of hydrogen-bond donors (Lipinski definition) is 4. The van der Waals surface area contributed by atoms with Gasteiger partial charge in [0, 0.05) is 18.5 Å². The fraction of sp³-hybridized carbons (Fsp3) is 0.143. The summed E-state index contributed by atoms with van der Waals surface area (Å²) in [6.07, 6.45) is 0.532. The van der Waals surface area contributed by atoms with Crippen molar-refractivity contribution < 1.29 is 13.2 Å². The van der Waals surface area contributed by atoms with Crippen molar-refractivity contribution in [2.75, 3.05) is 12.0 Å². The number of carbonyl (C=O) groups excluding carboxylic acids is 1. The van der Waals surface area contributed by atoms with Gasteiger partial charge in [0.05, 0.1) is 25.4 Å². The normalized spacial score (nSPS) is 16.3. The molecular weight excluding hydrogens is 478 g/mol. The highest BCUT2D eigenvalue weighted by molar-refractivity contribution is 9.13. The van der Waals surface area contributed by atoms with Gasteiger partial charge in [-0.05, 0) is 56.1 Å². The highest BCUT2D eigenvalue weighted by Gasteiger charge is 2.26. The molecule has 8 nitrogen and oxygen atoms in total. The van der Waals surface area contributed by atoms with Crippen molar-refractivity contribution in [3.8, 4) is 0 Å². The summed E-state index contributed by atoms with van der Waals surface area (Å²) in [5, 5.41) is 12.2. The first-order chi connectivity index (χ1) is 11.8. The van der Waals surface area contributed by atoms with Crippen molar-refractivity contribution in [3.63, 3.8) is 0 Å². The number of primary sulfonamides is 1. The maximum Gasteiger partial charge on any atom is 0.268 e. The molecule has 3 rings (SSSR count). The minimum Gasteiger partial charge on any atom is -0.350 e. The van der Waals surface area contributed by atoms with Gasteiger partial charge in [-0.15, -0.1) is 0 Å². The van der Waals surface area contributed by atoms with Crippen molar-refractivity contribution in [3.05, 3.63) is 44.6 Å². The van der Waals surface area contributed by atoms with Crippen molar-refractivity contribution >= 4 is 59.2 Å². The molecule has 0 saturated carbocycles. The Labute approximate surface area is 160 Å². The molecule has 1 aromatic carbocycles. The lowest BCUT2D eigenvalue weighted by Crippen LogP contribution is -2.23. The van der Waals surface area contributed by atoms with E-state index in [4.69, 9.17) is 5.14 Å². The smallest absolute Gasteiger partial charge is 0.268 e. The lowest BCUT2D eigenvalue weighted by molar-refractivity contribution is 0.0951. The molecule has 0 bridgehead atoms. The number of nitrogens with two attached hydrogens (primary N) is 1. The van der Waals surface area contributed by atoms with Crippen LogP contribution >= 0.6 is 31.9 Å². The Morgan fingerprint density at radius 1 is 1.20 bits per heavy atom. The van der Waals surface area contributed by atoms with Crippen LogP contribution in [0.5, 0.6) is 0 Å². The third-order valence-electron chi connectivity index (χ3n) is 3.56. The summed E-state index contributed by atoms with van der Waals surface area (Å²) < 4.78 is 23.9. The van der Waals surface area contributed by atoms with E-state index in [1.54, 1.807) is 12.1 Å². The van der Waals surface area contributed by atoms with Gasteiger partial charge in [-0.25, -0.2) is 13.6 Å². The fourth-order valence-electron chi connectivity index (χ4n) is 2.36. The lowest BCUT2D eigenvalue weighted by atomic mass is 10.1. The zero-order valence-corrected chi connectivity index (χ0v) is 16.6. The van der Waals surface area contributed by atoms with E-state index in [2.05, 4.69) is 52.7 Å². The van der Waals surface area contributed by atoms with Crippen LogP contribution in [0.15, 0.2) is 43.3 Å². The Kier molecular flexibility index (Phi) is 5.00. The molecule has 2 heterocycles. The number of fused-ring (bicyclic) bond motifs is 1. The number of H-pyrrole nitrogens is 1. The Balaban J connectivity index is 1.91. The molecule has 0 saturated heterocycles.